The SMILES string of the molecule is C\C(=C/C=C/C=C/CC/C=C/C(C)C(O)C(C)C(O)/C=C/C=C/C=C/C=C/C=C/C=C/CC(O)C(C)C1(CC(O)CC(O)/C=C/CC(O)CC(O)CC(O)/C=C/CC(O)CC(O)C(O)C(O)CC(O)CC(O)CCCN=C(N)N)OCCO1)C(=O)O. The lowest BCUT2D eigenvalue weighted by Crippen LogP contribution is -2.46. The van der Waals surface area contributed by atoms with Crippen LogP contribution in [0.4, 0.5) is 0 Å². The minimum Gasteiger partial charge on any atom is -0.478 e. The molecule has 0 spiro atoms. The molecule has 1 heterocycles. The Morgan fingerprint density at radius 3 is 1.58 bits per heavy atom. The zero-order chi connectivity index (χ0) is 64.5. The number of nitrogens with zero attached hydrogens (tertiary/aromatic N) is 1. The molecule has 0 aromatic rings. The van der Waals surface area contributed by atoms with Gasteiger partial charge in [-0.3, -0.25) is 4.99 Å². The van der Waals surface area contributed by atoms with Crippen LogP contribution in [0.25, 0.3) is 0 Å². The van der Waals surface area contributed by atoms with Crippen molar-refractivity contribution in [2.45, 2.75) is 209 Å². The fraction of sp³-hybridized carbons (Fsp3) is 0.600. The van der Waals surface area contributed by atoms with Crippen LogP contribution in [0, 0.1) is 17.8 Å². The third-order valence-electron chi connectivity index (χ3n) is 14.4. The number of aliphatic carboxylic acids is 1. The van der Waals surface area contributed by atoms with Crippen molar-refractivity contribution in [1.29, 1.82) is 0 Å². The molecule has 0 aromatic carbocycles. The highest BCUT2D eigenvalue weighted by Crippen LogP contribution is 2.37. The van der Waals surface area contributed by atoms with Crippen LogP contribution in [0.1, 0.15) is 118 Å². The molecular weight excluding hydrogens is 1110 g/mol. The largest absolute Gasteiger partial charge is 0.478 e. The van der Waals surface area contributed by atoms with Crippen molar-refractivity contribution in [3.8, 4) is 0 Å². The lowest BCUT2D eigenvalue weighted by molar-refractivity contribution is -0.227. The van der Waals surface area contributed by atoms with E-state index in [2.05, 4.69) is 4.99 Å². The monoisotopic (exact) mass is 1220 g/mol. The standard InChI is InChI=1S/C65H105N3O18/c1-45(26-19-15-11-10-12-16-20-27-46(2)63(83)84)61(81)47(3)57(77)33-21-17-13-8-6-5-7-9-14-18-22-34-58(78)48(4)65(85-36-37-86-65)44-56(76)41-51(71)30-23-28-49(69)38-54(74)39-50(70)29-24-31-53(73)42-59(79)62(82)60(80)43-55(75)40-52(72)32-25-35-68-64(66)67/h5-10,12-14,16-24,26-27,29-30,33,45,47-62,69-82H,11,15,25,28,31-32,34-44H2,1-4H3,(H,83,84)(H4,66,67,68)/b7-5+,8-6+,12-10+,14-9+,17-13+,20-16+,22-18+,26-19+,29-24+,30-23+,33-21+,46-27+. The molecule has 1 fully saturated rings. The predicted molar refractivity (Wildman–Crippen MR) is 333 cm³/mol. The molecule has 0 radical (unpaired) electrons. The van der Waals surface area contributed by atoms with Crippen LogP contribution >= 0.6 is 0 Å². The molecular formula is C65H105N3O18. The first kappa shape index (κ1) is 79.0. The van der Waals surface area contributed by atoms with Gasteiger partial charge in [-0.1, -0.05) is 161 Å². The van der Waals surface area contributed by atoms with E-state index in [4.69, 9.17) is 26.0 Å². The smallest absolute Gasteiger partial charge is 0.331 e. The number of aliphatic hydroxyl groups excluding tert-OH is 14. The lowest BCUT2D eigenvalue weighted by Gasteiger charge is -2.37. The average Bonchev–Trinajstić information content (AvgIpc) is 3.90. The minimum atomic E-state index is -1.70. The van der Waals surface area contributed by atoms with Crippen molar-refractivity contribution in [1.82, 2.24) is 0 Å². The number of guanidine groups is 1. The van der Waals surface area contributed by atoms with Crippen molar-refractivity contribution in [3.05, 3.63) is 145 Å². The van der Waals surface area contributed by atoms with E-state index in [9.17, 15) is 76.3 Å². The van der Waals surface area contributed by atoms with Crippen LogP contribution in [-0.2, 0) is 14.3 Å². The number of ether oxygens (including phenoxy) is 2. The average molecular weight is 1220 g/mol. The second-order valence-electron chi connectivity index (χ2n) is 22.2. The molecule has 21 nitrogen and oxygen atoms in total. The fourth-order valence-corrected chi connectivity index (χ4v) is 9.18. The van der Waals surface area contributed by atoms with Crippen molar-refractivity contribution in [2.24, 2.45) is 34.2 Å². The van der Waals surface area contributed by atoms with Gasteiger partial charge in [0.05, 0.1) is 92.6 Å². The molecule has 488 valence electrons. The van der Waals surface area contributed by atoms with Gasteiger partial charge < -0.3 is 97.5 Å². The Kier molecular flexibility index (Phi) is 42.4. The molecule has 0 bridgehead atoms. The normalized spacial score (nSPS) is 20.9. The number of aliphatic imine (C=N–C) groups is 1. The summed E-state index contributed by atoms with van der Waals surface area (Å²) in [5.74, 6) is -3.40. The first-order chi connectivity index (χ1) is 40.8. The Balaban J connectivity index is 2.45. The summed E-state index contributed by atoms with van der Waals surface area (Å²) in [4.78, 5) is 14.6. The zero-order valence-electron chi connectivity index (χ0n) is 50.6. The molecule has 1 aliphatic heterocycles. The van der Waals surface area contributed by atoms with Gasteiger partial charge in [0.15, 0.2) is 11.7 Å². The Morgan fingerprint density at radius 2 is 1.00 bits per heavy atom. The van der Waals surface area contributed by atoms with Gasteiger partial charge in [-0.15, -0.1) is 0 Å². The summed E-state index contributed by atoms with van der Waals surface area (Å²) in [5, 5.41) is 156. The van der Waals surface area contributed by atoms with E-state index >= 15 is 0 Å². The van der Waals surface area contributed by atoms with Crippen LogP contribution in [0.2, 0.25) is 0 Å². The van der Waals surface area contributed by atoms with E-state index in [1.165, 1.54) is 37.3 Å². The van der Waals surface area contributed by atoms with Crippen LogP contribution in [-0.4, -0.2) is 200 Å². The lowest BCUT2D eigenvalue weighted by atomic mass is 9.87. The topological polar surface area (TPSA) is 403 Å². The molecule has 1 aliphatic rings. The second kappa shape index (κ2) is 46.1. The Hall–Kier alpha value is -5.02. The van der Waals surface area contributed by atoms with E-state index in [1.54, 1.807) is 50.3 Å². The quantitative estimate of drug-likeness (QED) is 0.0103. The van der Waals surface area contributed by atoms with Gasteiger partial charge in [-0.2, -0.15) is 0 Å². The van der Waals surface area contributed by atoms with Gasteiger partial charge in [0.1, 0.15) is 6.10 Å². The third kappa shape index (κ3) is 37.0. The molecule has 17 atom stereocenters. The number of hydrogen-bond donors (Lipinski definition) is 17. The maximum Gasteiger partial charge on any atom is 0.331 e. The van der Waals surface area contributed by atoms with Crippen LogP contribution in [0.3, 0.4) is 0 Å². The number of unbranched alkanes of at least 4 members (excludes halogenated alkanes) is 1. The first-order valence-electron chi connectivity index (χ1n) is 29.9. The van der Waals surface area contributed by atoms with Gasteiger partial charge in [0.25, 0.3) is 0 Å². The predicted octanol–water partition coefficient (Wildman–Crippen LogP) is 3.57. The maximum absolute atomic E-state index is 11.1. The van der Waals surface area contributed by atoms with Crippen molar-refractivity contribution >= 4 is 11.9 Å². The fourth-order valence-electron chi connectivity index (χ4n) is 9.18. The van der Waals surface area contributed by atoms with E-state index in [1.807, 2.05) is 79.8 Å². The third-order valence-corrected chi connectivity index (χ3v) is 14.4. The van der Waals surface area contributed by atoms with Crippen molar-refractivity contribution in [3.63, 3.8) is 0 Å². The number of carboxylic acids is 1. The van der Waals surface area contributed by atoms with Crippen molar-refractivity contribution in [2.75, 3.05) is 19.8 Å². The van der Waals surface area contributed by atoms with E-state index < -0.39 is 109 Å². The molecule has 0 aromatic heterocycles. The Labute approximate surface area is 509 Å². The molecule has 17 unspecified atom stereocenters. The summed E-state index contributed by atoms with van der Waals surface area (Å²) in [6.45, 7) is 7.85. The molecule has 0 amide bonds. The number of rotatable bonds is 46. The van der Waals surface area contributed by atoms with Gasteiger partial charge in [-0.25, -0.2) is 4.79 Å². The number of nitrogens with two attached hydrogens (primary N) is 2. The second-order valence-corrected chi connectivity index (χ2v) is 22.2. The van der Waals surface area contributed by atoms with Crippen LogP contribution in [0.5, 0.6) is 0 Å². The molecule has 0 aliphatic carbocycles. The maximum atomic E-state index is 11.1. The van der Waals surface area contributed by atoms with Gasteiger partial charge in [-0.05, 0) is 64.7 Å². The van der Waals surface area contributed by atoms with Gasteiger partial charge in [0, 0.05) is 62.0 Å². The van der Waals surface area contributed by atoms with E-state index in [-0.39, 0.29) is 94.9 Å². The van der Waals surface area contributed by atoms with Gasteiger partial charge >= 0.3 is 5.97 Å². The highest BCUT2D eigenvalue weighted by atomic mass is 16.7. The summed E-state index contributed by atoms with van der Waals surface area (Å²) in [5.41, 5.74) is 10.8. The molecule has 0 saturated carbocycles. The number of aliphatic hydroxyl groups is 14. The summed E-state index contributed by atoms with van der Waals surface area (Å²) in [6.07, 6.45) is 25.6. The summed E-state index contributed by atoms with van der Waals surface area (Å²) in [6, 6.07) is 0. The highest BCUT2D eigenvalue weighted by Gasteiger charge is 2.46. The molecule has 86 heavy (non-hydrogen) atoms. The minimum absolute atomic E-state index is 0.0162. The number of carboxylic acid groups (broad SMARTS) is 1. The van der Waals surface area contributed by atoms with E-state index in [0.29, 0.717) is 19.4 Å². The van der Waals surface area contributed by atoms with Gasteiger partial charge in [0.2, 0.25) is 0 Å². The molecule has 1 saturated heterocycles. The molecule has 19 N–H and O–H groups in total. The molecule has 21 heteroatoms. The summed E-state index contributed by atoms with van der Waals surface area (Å²) >= 11 is 0. The van der Waals surface area contributed by atoms with Crippen LogP contribution in [0.15, 0.2) is 150 Å². The summed E-state index contributed by atoms with van der Waals surface area (Å²) in [7, 11) is 0. The number of hydrogen-bond acceptors (Lipinski definition) is 18. The highest BCUT2D eigenvalue weighted by molar-refractivity contribution is 5.86. The Bertz CT molecular complexity index is 2230. The Morgan fingerprint density at radius 1 is 0.512 bits per heavy atom. The first-order valence-corrected chi connectivity index (χ1v) is 29.9. The van der Waals surface area contributed by atoms with Crippen molar-refractivity contribution < 1.29 is 90.9 Å². The van der Waals surface area contributed by atoms with Crippen LogP contribution < -0.4 is 11.5 Å². The number of allylic oxidation sites excluding steroid dienone is 16. The zero-order valence-corrected chi connectivity index (χ0v) is 50.6. The molecule has 1 rings (SSSR count). The summed E-state index contributed by atoms with van der Waals surface area (Å²) < 4.78 is 11.9. The number of carbonyl (C=O) groups is 1. The van der Waals surface area contributed by atoms with E-state index in [0.717, 1.165) is 12.8 Å².